The molecule has 4 aromatic rings. The fourth-order valence-electron chi connectivity index (χ4n) is 5.79. The first-order valence-corrected chi connectivity index (χ1v) is 22.6. The molecule has 15 heteroatoms. The van der Waals surface area contributed by atoms with Crippen LogP contribution in [-0.2, 0) is 33.5 Å². The Labute approximate surface area is 399 Å². The number of ether oxygens (including phenoxy) is 2. The minimum Gasteiger partial charge on any atom is -0.460 e. The summed E-state index contributed by atoms with van der Waals surface area (Å²) in [5.74, 6) is -0.0287. The zero-order valence-electron chi connectivity index (χ0n) is 40.3. The van der Waals surface area contributed by atoms with Crippen LogP contribution in [0, 0.1) is 0 Å². The van der Waals surface area contributed by atoms with Crippen molar-refractivity contribution in [3.63, 3.8) is 0 Å². The Kier molecular flexibility index (Phi) is 27.7. The van der Waals surface area contributed by atoms with Crippen molar-refractivity contribution < 1.29 is 42.7 Å². The molecule has 3 aliphatic heterocycles. The monoisotopic (exact) mass is 940 g/mol. The molecule has 0 unspecified atom stereocenters. The lowest BCUT2D eigenvalue weighted by Gasteiger charge is -2.14. The SMILES string of the molecule is C=C(C)C.C=C(C)C(=O)N1CCCC1.C=C(C)C(=O)NC.C=C(C)C(=O)OCCN1CCCC1=O.C=CN1CCCC1=O.CC(=O)Oc1ccc2sc(=O)oc2c1.c1ccc2ccccc2c1. The maximum Gasteiger partial charge on any atom is 0.396 e. The van der Waals surface area contributed by atoms with Crippen LogP contribution < -0.4 is 15.0 Å². The molecule has 0 saturated carbocycles. The maximum atomic E-state index is 11.2. The summed E-state index contributed by atoms with van der Waals surface area (Å²) in [6.07, 6.45) is 7.12. The van der Waals surface area contributed by atoms with E-state index in [2.05, 4.69) is 86.7 Å². The van der Waals surface area contributed by atoms with Crippen LogP contribution in [0.15, 0.2) is 137 Å². The molecule has 0 aliphatic carbocycles. The Balaban J connectivity index is 0.000000402. The Morgan fingerprint density at radius 2 is 1.27 bits per heavy atom. The number of hydrogen-bond acceptors (Lipinski definition) is 11. The molecule has 0 bridgehead atoms. The first-order valence-electron chi connectivity index (χ1n) is 21.8. The highest BCUT2D eigenvalue weighted by Crippen LogP contribution is 2.22. The summed E-state index contributed by atoms with van der Waals surface area (Å²) in [7, 11) is 1.58. The number of nitrogens with one attached hydrogen (secondary N) is 1. The number of esters is 2. The average molecular weight is 941 g/mol. The van der Waals surface area contributed by atoms with E-state index in [1.165, 1.54) is 29.3 Å². The quantitative estimate of drug-likeness (QED) is 0.0777. The normalized spacial score (nSPS) is 13.1. The Morgan fingerprint density at radius 1 is 0.731 bits per heavy atom. The number of carbonyl (C=O) groups excluding carboxylic acids is 6. The van der Waals surface area contributed by atoms with E-state index < -0.39 is 11.9 Å². The summed E-state index contributed by atoms with van der Waals surface area (Å²) in [4.78, 5) is 80.6. The van der Waals surface area contributed by atoms with E-state index in [1.54, 1.807) is 56.0 Å². The molecule has 3 aliphatic rings. The summed E-state index contributed by atoms with van der Waals surface area (Å²) >= 11 is 1.02. The Bertz CT molecular complexity index is 2320. The minimum atomic E-state index is -0.401. The smallest absolute Gasteiger partial charge is 0.396 e. The van der Waals surface area contributed by atoms with Gasteiger partial charge in [0.1, 0.15) is 12.4 Å². The van der Waals surface area contributed by atoms with Crippen molar-refractivity contribution in [3.8, 4) is 5.75 Å². The fourth-order valence-corrected chi connectivity index (χ4v) is 6.44. The second kappa shape index (κ2) is 31.9. The van der Waals surface area contributed by atoms with Crippen LogP contribution in [0.3, 0.4) is 0 Å². The number of likely N-dealkylation sites (N-methyl/N-ethyl adjacent to an activating group) is 1. The highest BCUT2D eigenvalue weighted by atomic mass is 32.1. The number of benzene rings is 3. The van der Waals surface area contributed by atoms with E-state index >= 15 is 0 Å². The van der Waals surface area contributed by atoms with Gasteiger partial charge in [-0.3, -0.25) is 24.0 Å². The van der Waals surface area contributed by atoms with Gasteiger partial charge in [0.25, 0.3) is 0 Å². The van der Waals surface area contributed by atoms with E-state index in [1.807, 2.05) is 18.7 Å². The van der Waals surface area contributed by atoms with E-state index in [9.17, 15) is 33.6 Å². The predicted octanol–water partition coefficient (Wildman–Crippen LogP) is 9.18. The van der Waals surface area contributed by atoms with Gasteiger partial charge in [-0.05, 0) is 89.4 Å². The number of fused-ring (bicyclic) bond motifs is 2. The van der Waals surface area contributed by atoms with Gasteiger partial charge in [0.15, 0.2) is 5.58 Å². The lowest BCUT2D eigenvalue weighted by atomic mass is 10.1. The molecule has 4 heterocycles. The zero-order valence-corrected chi connectivity index (χ0v) is 41.1. The molecule has 3 saturated heterocycles. The largest absolute Gasteiger partial charge is 0.460 e. The van der Waals surface area contributed by atoms with E-state index in [0.29, 0.717) is 47.4 Å². The molecule has 1 N–H and O–H groups in total. The number of likely N-dealkylation sites (tertiary alicyclic amines) is 3. The third kappa shape index (κ3) is 24.3. The van der Waals surface area contributed by atoms with Crippen molar-refractivity contribution in [2.75, 3.05) is 46.4 Å². The molecule has 3 aromatic carbocycles. The molecule has 1 aromatic heterocycles. The number of rotatable bonds is 8. The molecule has 362 valence electrons. The van der Waals surface area contributed by atoms with Gasteiger partial charge in [-0.15, -0.1) is 6.58 Å². The van der Waals surface area contributed by atoms with Crippen molar-refractivity contribution in [1.82, 2.24) is 20.0 Å². The Hall–Kier alpha value is -6.87. The molecule has 14 nitrogen and oxygen atoms in total. The van der Waals surface area contributed by atoms with Gasteiger partial charge >= 0.3 is 16.9 Å². The van der Waals surface area contributed by atoms with Crippen LogP contribution in [0.5, 0.6) is 5.75 Å². The molecular formula is C52H68N4O10S. The second-order valence-corrected chi connectivity index (χ2v) is 16.6. The third-order valence-corrected chi connectivity index (χ3v) is 9.85. The number of allylic oxidation sites excluding steroid dienone is 1. The highest BCUT2D eigenvalue weighted by molar-refractivity contribution is 7.16. The van der Waals surface area contributed by atoms with E-state index in [-0.39, 0.29) is 35.2 Å². The number of amides is 4. The summed E-state index contributed by atoms with van der Waals surface area (Å²) in [6, 6.07) is 21.5. The molecule has 7 rings (SSSR count). The second-order valence-electron chi connectivity index (χ2n) is 15.6. The Morgan fingerprint density at radius 3 is 1.66 bits per heavy atom. The summed E-state index contributed by atoms with van der Waals surface area (Å²) in [5.41, 5.74) is 3.20. The minimum absolute atomic E-state index is 0.0972. The van der Waals surface area contributed by atoms with Crippen molar-refractivity contribution in [3.05, 3.63) is 138 Å². The van der Waals surface area contributed by atoms with Gasteiger partial charge in [0, 0.05) is 75.8 Å². The first kappa shape index (κ1) is 58.1. The van der Waals surface area contributed by atoms with Crippen molar-refractivity contribution in [1.29, 1.82) is 0 Å². The number of nitrogens with zero attached hydrogens (tertiary/aromatic N) is 3. The van der Waals surface area contributed by atoms with Gasteiger partial charge in [-0.2, -0.15) is 0 Å². The van der Waals surface area contributed by atoms with Gasteiger partial charge in [-0.25, -0.2) is 9.59 Å². The molecular weight excluding hydrogens is 873 g/mol. The van der Waals surface area contributed by atoms with Gasteiger partial charge in [0.05, 0.1) is 11.2 Å². The van der Waals surface area contributed by atoms with Crippen LogP contribution in [0.25, 0.3) is 21.1 Å². The lowest BCUT2D eigenvalue weighted by Crippen LogP contribution is -2.29. The lowest BCUT2D eigenvalue weighted by molar-refractivity contribution is -0.141. The maximum absolute atomic E-state index is 11.2. The first-order chi connectivity index (χ1) is 31.7. The predicted molar refractivity (Wildman–Crippen MR) is 268 cm³/mol. The summed E-state index contributed by atoms with van der Waals surface area (Å²) in [5, 5.41) is 5.05. The molecule has 0 spiro atoms. The zero-order chi connectivity index (χ0) is 50.5. The molecule has 4 amide bonds. The van der Waals surface area contributed by atoms with Crippen molar-refractivity contribution in [2.24, 2.45) is 0 Å². The van der Waals surface area contributed by atoms with Crippen molar-refractivity contribution >= 4 is 68.0 Å². The van der Waals surface area contributed by atoms with E-state index in [0.717, 1.165) is 67.9 Å². The molecule has 3 fully saturated rings. The number of carbonyl (C=O) groups is 6. The topological polar surface area (TPSA) is 173 Å². The molecule has 67 heavy (non-hydrogen) atoms. The average Bonchev–Trinajstić information content (AvgIpc) is 4.13. The van der Waals surface area contributed by atoms with Gasteiger partial charge in [0.2, 0.25) is 23.6 Å². The standard InChI is InChI=1S/C10H15NO3.C10H8.C9H6O4S.C8H13NO.C6H9NO.C5H9NO.C4H8/c1-8(2)10(13)14-7-6-11-5-3-4-9(11)12;1-2-6-10-8-4-3-7-9(10)5-1;1-5(10)12-6-2-3-8-7(4-6)13-9(11)14-8;1-7(2)8(10)9-5-3-4-6-9;1-2-7-5-3-4-6(7)8;1-4(2)5(7)6-3;1-4(2)3/h1,3-7H2,2H3;1-8H;2-4H,1H3;1,3-6H2,2H3;2H,1,3-5H2;1H2,2-3H3,(H,6,7);1H2,2-3H3. The van der Waals surface area contributed by atoms with Gasteiger partial charge in [-0.1, -0.05) is 91.8 Å². The summed E-state index contributed by atoms with van der Waals surface area (Å²) < 4.78 is 15.3. The van der Waals surface area contributed by atoms with Gasteiger partial charge < -0.3 is 33.9 Å². The van der Waals surface area contributed by atoms with Crippen molar-refractivity contribution in [2.45, 2.75) is 80.1 Å². The molecule has 0 radical (unpaired) electrons. The van der Waals surface area contributed by atoms with Crippen LogP contribution in [0.1, 0.15) is 80.1 Å². The molecule has 0 atom stereocenters. The van der Waals surface area contributed by atoms with Crippen LogP contribution >= 0.6 is 11.3 Å². The highest BCUT2D eigenvalue weighted by Gasteiger charge is 2.20. The third-order valence-electron chi connectivity index (χ3n) is 9.04. The van der Waals surface area contributed by atoms with Crippen LogP contribution in [0.4, 0.5) is 0 Å². The number of hydrogen-bond donors (Lipinski definition) is 1. The van der Waals surface area contributed by atoms with Crippen LogP contribution in [0.2, 0.25) is 0 Å². The van der Waals surface area contributed by atoms with E-state index in [4.69, 9.17) is 13.9 Å². The summed E-state index contributed by atoms with van der Waals surface area (Å²) in [6.45, 7) is 32.1. The fraction of sp³-hybridized carbons (Fsp3) is 0.365. The van der Waals surface area contributed by atoms with Crippen LogP contribution in [-0.4, -0.2) is 96.6 Å².